The number of ether oxygens (including phenoxy) is 2. The van der Waals surface area contributed by atoms with Gasteiger partial charge in [0.05, 0.1) is 18.8 Å². The molecule has 0 saturated carbocycles. The third-order valence-electron chi connectivity index (χ3n) is 3.79. The van der Waals surface area contributed by atoms with Crippen molar-refractivity contribution < 1.29 is 14.3 Å². The lowest BCUT2D eigenvalue weighted by Crippen LogP contribution is -2.41. The highest BCUT2D eigenvalue weighted by molar-refractivity contribution is 9.10. The summed E-state index contributed by atoms with van der Waals surface area (Å²) in [6, 6.07) is 5.79. The van der Waals surface area contributed by atoms with E-state index in [1.165, 1.54) is 0 Å². The SMILES string of the molecule is O=C(NCCN1CCOCC1)C1=Cc2cc(Br)ccc2OC1. The minimum absolute atomic E-state index is 0.0566. The van der Waals surface area contributed by atoms with Gasteiger partial charge in [-0.15, -0.1) is 0 Å². The van der Waals surface area contributed by atoms with Crippen molar-refractivity contribution in [3.63, 3.8) is 0 Å². The highest BCUT2D eigenvalue weighted by Crippen LogP contribution is 2.29. The fourth-order valence-electron chi connectivity index (χ4n) is 2.55. The molecule has 22 heavy (non-hydrogen) atoms. The number of nitrogens with zero attached hydrogens (tertiary/aromatic N) is 1. The average molecular weight is 367 g/mol. The number of rotatable bonds is 4. The Labute approximate surface area is 138 Å². The van der Waals surface area contributed by atoms with Gasteiger partial charge in [-0.3, -0.25) is 9.69 Å². The van der Waals surface area contributed by atoms with Crippen LogP contribution in [-0.4, -0.2) is 56.8 Å². The quantitative estimate of drug-likeness (QED) is 0.880. The Morgan fingerprint density at radius 2 is 2.14 bits per heavy atom. The molecule has 0 radical (unpaired) electrons. The molecule has 118 valence electrons. The maximum absolute atomic E-state index is 12.2. The maximum Gasteiger partial charge on any atom is 0.250 e. The van der Waals surface area contributed by atoms with Crippen LogP contribution in [0.4, 0.5) is 0 Å². The molecule has 1 N–H and O–H groups in total. The molecule has 3 rings (SSSR count). The van der Waals surface area contributed by atoms with Crippen molar-refractivity contribution in [3.8, 4) is 5.75 Å². The van der Waals surface area contributed by atoms with Gasteiger partial charge in [0.1, 0.15) is 12.4 Å². The van der Waals surface area contributed by atoms with E-state index < -0.39 is 0 Å². The Bertz CT molecular complexity index is 583. The van der Waals surface area contributed by atoms with E-state index in [4.69, 9.17) is 9.47 Å². The Morgan fingerprint density at radius 3 is 2.95 bits per heavy atom. The summed E-state index contributed by atoms with van der Waals surface area (Å²) in [5.74, 6) is 0.756. The molecule has 1 amide bonds. The van der Waals surface area contributed by atoms with E-state index in [9.17, 15) is 4.79 Å². The van der Waals surface area contributed by atoms with E-state index >= 15 is 0 Å². The van der Waals surface area contributed by atoms with Crippen molar-refractivity contribution in [2.24, 2.45) is 0 Å². The second-order valence-electron chi connectivity index (χ2n) is 5.35. The summed E-state index contributed by atoms with van der Waals surface area (Å²) >= 11 is 3.43. The summed E-state index contributed by atoms with van der Waals surface area (Å²) in [7, 11) is 0. The molecule has 1 fully saturated rings. The van der Waals surface area contributed by atoms with Gasteiger partial charge in [-0.1, -0.05) is 15.9 Å². The molecule has 2 aliphatic heterocycles. The number of hydrogen-bond acceptors (Lipinski definition) is 4. The number of nitrogens with one attached hydrogen (secondary N) is 1. The summed E-state index contributed by atoms with van der Waals surface area (Å²) in [6.07, 6.45) is 1.90. The van der Waals surface area contributed by atoms with Gasteiger partial charge < -0.3 is 14.8 Å². The molecule has 5 nitrogen and oxygen atoms in total. The van der Waals surface area contributed by atoms with Gasteiger partial charge in [0.25, 0.3) is 5.91 Å². The molecule has 2 aliphatic rings. The molecule has 1 aromatic rings. The summed E-state index contributed by atoms with van der Waals surface area (Å²) in [5, 5.41) is 2.96. The van der Waals surface area contributed by atoms with Crippen LogP contribution in [0.25, 0.3) is 6.08 Å². The van der Waals surface area contributed by atoms with Crippen molar-refractivity contribution in [1.29, 1.82) is 0 Å². The van der Waals surface area contributed by atoms with Crippen molar-refractivity contribution in [2.45, 2.75) is 0 Å². The van der Waals surface area contributed by atoms with Crippen LogP contribution < -0.4 is 10.1 Å². The standard InChI is InChI=1S/C16H19BrN2O3/c17-14-1-2-15-12(10-14)9-13(11-22-15)16(20)18-3-4-19-5-7-21-8-6-19/h1-2,9-10H,3-8,11H2,(H,18,20). The van der Waals surface area contributed by atoms with Crippen molar-refractivity contribution in [1.82, 2.24) is 10.2 Å². The zero-order chi connectivity index (χ0) is 15.4. The normalized spacial score (nSPS) is 18.1. The molecule has 0 aromatic heterocycles. The number of halogens is 1. The Kier molecular flexibility index (Phi) is 5.12. The maximum atomic E-state index is 12.2. The Hall–Kier alpha value is -1.37. The predicted molar refractivity (Wildman–Crippen MR) is 87.9 cm³/mol. The number of benzene rings is 1. The van der Waals surface area contributed by atoms with E-state index in [0.717, 1.165) is 48.6 Å². The molecule has 2 heterocycles. The van der Waals surface area contributed by atoms with Crippen LogP contribution in [0.5, 0.6) is 5.75 Å². The van der Waals surface area contributed by atoms with Gasteiger partial charge >= 0.3 is 0 Å². The highest BCUT2D eigenvalue weighted by atomic mass is 79.9. The third-order valence-corrected chi connectivity index (χ3v) is 4.29. The average Bonchev–Trinajstić information content (AvgIpc) is 2.55. The monoisotopic (exact) mass is 366 g/mol. The molecular formula is C16H19BrN2O3. The van der Waals surface area contributed by atoms with Crippen LogP contribution in [0.2, 0.25) is 0 Å². The van der Waals surface area contributed by atoms with Crippen molar-refractivity contribution in [2.75, 3.05) is 46.0 Å². The molecule has 0 atom stereocenters. The van der Waals surface area contributed by atoms with Gasteiger partial charge in [-0.05, 0) is 24.3 Å². The largest absolute Gasteiger partial charge is 0.488 e. The van der Waals surface area contributed by atoms with E-state index in [-0.39, 0.29) is 5.91 Å². The first-order valence-electron chi connectivity index (χ1n) is 7.43. The van der Waals surface area contributed by atoms with Crippen molar-refractivity contribution in [3.05, 3.63) is 33.8 Å². The van der Waals surface area contributed by atoms with Crippen LogP contribution in [0.1, 0.15) is 5.56 Å². The number of carbonyl (C=O) groups excluding carboxylic acids is 1. The molecule has 1 saturated heterocycles. The van der Waals surface area contributed by atoms with E-state index in [1.807, 2.05) is 24.3 Å². The lowest BCUT2D eigenvalue weighted by atomic mass is 10.1. The summed E-state index contributed by atoms with van der Waals surface area (Å²) in [5.41, 5.74) is 1.59. The Balaban J connectivity index is 1.54. The first kappa shape index (κ1) is 15.5. The van der Waals surface area contributed by atoms with E-state index in [0.29, 0.717) is 18.7 Å². The van der Waals surface area contributed by atoms with Crippen LogP contribution in [0.3, 0.4) is 0 Å². The van der Waals surface area contributed by atoms with Gasteiger partial charge in [0, 0.05) is 36.2 Å². The van der Waals surface area contributed by atoms with Crippen LogP contribution in [0, 0.1) is 0 Å². The fraction of sp³-hybridized carbons (Fsp3) is 0.438. The molecule has 0 bridgehead atoms. The zero-order valence-electron chi connectivity index (χ0n) is 12.3. The first-order valence-corrected chi connectivity index (χ1v) is 8.23. The highest BCUT2D eigenvalue weighted by Gasteiger charge is 2.17. The minimum Gasteiger partial charge on any atom is -0.488 e. The lowest BCUT2D eigenvalue weighted by Gasteiger charge is -2.26. The van der Waals surface area contributed by atoms with Gasteiger partial charge in [0.15, 0.2) is 0 Å². The van der Waals surface area contributed by atoms with Gasteiger partial charge in [-0.25, -0.2) is 0 Å². The van der Waals surface area contributed by atoms with Gasteiger partial charge in [0.2, 0.25) is 0 Å². The van der Waals surface area contributed by atoms with Crippen LogP contribution in [0.15, 0.2) is 28.2 Å². The second kappa shape index (κ2) is 7.26. The van der Waals surface area contributed by atoms with Crippen LogP contribution in [-0.2, 0) is 9.53 Å². The van der Waals surface area contributed by atoms with Crippen LogP contribution >= 0.6 is 15.9 Å². The molecule has 0 spiro atoms. The molecule has 0 aliphatic carbocycles. The van der Waals surface area contributed by atoms with E-state index in [2.05, 4.69) is 26.1 Å². The first-order chi connectivity index (χ1) is 10.7. The number of fused-ring (bicyclic) bond motifs is 1. The smallest absolute Gasteiger partial charge is 0.250 e. The number of amides is 1. The zero-order valence-corrected chi connectivity index (χ0v) is 13.9. The van der Waals surface area contributed by atoms with Gasteiger partial charge in [-0.2, -0.15) is 0 Å². The topological polar surface area (TPSA) is 50.8 Å². The Morgan fingerprint density at radius 1 is 1.32 bits per heavy atom. The summed E-state index contributed by atoms with van der Waals surface area (Å²) < 4.78 is 11.9. The number of hydrogen-bond donors (Lipinski definition) is 1. The molecule has 6 heteroatoms. The summed E-state index contributed by atoms with van der Waals surface area (Å²) in [6.45, 7) is 5.23. The number of morpholine rings is 1. The predicted octanol–water partition coefficient (Wildman–Crippen LogP) is 1.67. The second-order valence-corrected chi connectivity index (χ2v) is 6.27. The molecular weight excluding hydrogens is 348 g/mol. The summed E-state index contributed by atoms with van der Waals surface area (Å²) in [4.78, 5) is 14.5. The van der Waals surface area contributed by atoms with E-state index in [1.54, 1.807) is 0 Å². The van der Waals surface area contributed by atoms with Crippen molar-refractivity contribution >= 4 is 27.9 Å². The minimum atomic E-state index is -0.0566. The fourth-order valence-corrected chi connectivity index (χ4v) is 2.92. The third kappa shape index (κ3) is 3.88. The molecule has 1 aromatic carbocycles. The lowest BCUT2D eigenvalue weighted by molar-refractivity contribution is -0.117. The molecule has 0 unspecified atom stereocenters. The number of carbonyl (C=O) groups is 1.